The molecule has 1 aromatic heterocycles. The molecule has 0 radical (unpaired) electrons. The minimum Gasteiger partial charge on any atom is -0.504 e. The molecule has 2 aromatic rings. The molecular weight excluding hydrogens is 254 g/mol. The third kappa shape index (κ3) is 3.11. The standard InChI is InChI=1S/C15H21N3O2/c1-4-18-9-8-13(17-18)11(2)16-10-12-6-5-7-14(20-3)15(12)19/h5-9,11,16,19H,4,10H2,1-3H3. The lowest BCUT2D eigenvalue weighted by molar-refractivity contribution is 0.369. The average Bonchev–Trinajstić information content (AvgIpc) is 2.95. The van der Waals surface area contributed by atoms with Crippen LogP contribution in [0.4, 0.5) is 0 Å². The van der Waals surface area contributed by atoms with Crippen molar-refractivity contribution in [1.29, 1.82) is 0 Å². The Bertz CT molecular complexity index is 566. The number of methoxy groups -OCH3 is 1. The molecule has 0 saturated heterocycles. The Morgan fingerprint density at radius 1 is 1.40 bits per heavy atom. The number of nitrogens with zero attached hydrogens (tertiary/aromatic N) is 2. The fourth-order valence-electron chi connectivity index (χ4n) is 2.03. The van der Waals surface area contributed by atoms with Crippen LogP contribution in [-0.2, 0) is 13.1 Å². The number of para-hydroxylation sites is 1. The summed E-state index contributed by atoms with van der Waals surface area (Å²) in [5.41, 5.74) is 1.81. The molecule has 0 aliphatic heterocycles. The molecule has 0 amide bonds. The van der Waals surface area contributed by atoms with Gasteiger partial charge in [-0.2, -0.15) is 5.10 Å². The number of aromatic nitrogens is 2. The summed E-state index contributed by atoms with van der Waals surface area (Å²) in [7, 11) is 1.55. The molecule has 5 nitrogen and oxygen atoms in total. The van der Waals surface area contributed by atoms with E-state index in [-0.39, 0.29) is 11.8 Å². The van der Waals surface area contributed by atoms with E-state index in [1.807, 2.05) is 29.1 Å². The Labute approximate surface area is 119 Å². The van der Waals surface area contributed by atoms with E-state index in [9.17, 15) is 5.11 Å². The summed E-state index contributed by atoms with van der Waals surface area (Å²) >= 11 is 0. The first-order valence-corrected chi connectivity index (χ1v) is 6.77. The van der Waals surface area contributed by atoms with E-state index in [2.05, 4.69) is 24.3 Å². The molecule has 1 atom stereocenters. The number of aromatic hydroxyl groups is 1. The molecule has 0 spiro atoms. The van der Waals surface area contributed by atoms with Gasteiger partial charge in [0.15, 0.2) is 11.5 Å². The Balaban J connectivity index is 2.01. The molecule has 1 heterocycles. The van der Waals surface area contributed by atoms with Crippen molar-refractivity contribution in [3.63, 3.8) is 0 Å². The summed E-state index contributed by atoms with van der Waals surface area (Å²) in [6.07, 6.45) is 1.97. The second-order valence-electron chi connectivity index (χ2n) is 4.67. The van der Waals surface area contributed by atoms with E-state index in [0.717, 1.165) is 17.8 Å². The molecule has 0 aliphatic rings. The molecule has 1 unspecified atom stereocenters. The van der Waals surface area contributed by atoms with E-state index in [1.165, 1.54) is 0 Å². The molecule has 2 N–H and O–H groups in total. The van der Waals surface area contributed by atoms with Crippen molar-refractivity contribution in [2.45, 2.75) is 33.0 Å². The minimum atomic E-state index is 0.119. The van der Waals surface area contributed by atoms with Gasteiger partial charge in [-0.05, 0) is 26.0 Å². The van der Waals surface area contributed by atoms with Gasteiger partial charge in [0.25, 0.3) is 0 Å². The quantitative estimate of drug-likeness (QED) is 0.850. The highest BCUT2D eigenvalue weighted by molar-refractivity contribution is 5.45. The van der Waals surface area contributed by atoms with E-state index >= 15 is 0 Å². The summed E-state index contributed by atoms with van der Waals surface area (Å²) < 4.78 is 7.00. The number of rotatable bonds is 6. The first-order chi connectivity index (χ1) is 9.65. The van der Waals surface area contributed by atoms with E-state index < -0.39 is 0 Å². The fourth-order valence-corrected chi connectivity index (χ4v) is 2.03. The topological polar surface area (TPSA) is 59.3 Å². The van der Waals surface area contributed by atoms with E-state index in [1.54, 1.807) is 13.2 Å². The van der Waals surface area contributed by atoms with Crippen LogP contribution in [0.5, 0.6) is 11.5 Å². The lowest BCUT2D eigenvalue weighted by Gasteiger charge is -2.13. The van der Waals surface area contributed by atoms with Crippen LogP contribution >= 0.6 is 0 Å². The van der Waals surface area contributed by atoms with Crippen LogP contribution < -0.4 is 10.1 Å². The van der Waals surface area contributed by atoms with Gasteiger partial charge < -0.3 is 15.2 Å². The zero-order valence-electron chi connectivity index (χ0n) is 12.1. The van der Waals surface area contributed by atoms with Crippen LogP contribution in [0.25, 0.3) is 0 Å². The number of benzene rings is 1. The van der Waals surface area contributed by atoms with Crippen LogP contribution in [0.3, 0.4) is 0 Å². The lowest BCUT2D eigenvalue weighted by Crippen LogP contribution is -2.19. The molecule has 5 heteroatoms. The third-order valence-corrected chi connectivity index (χ3v) is 3.33. The highest BCUT2D eigenvalue weighted by Crippen LogP contribution is 2.29. The first kappa shape index (κ1) is 14.4. The highest BCUT2D eigenvalue weighted by atomic mass is 16.5. The van der Waals surface area contributed by atoms with E-state index in [4.69, 9.17) is 4.74 Å². The Hall–Kier alpha value is -2.01. The minimum absolute atomic E-state index is 0.119. The largest absolute Gasteiger partial charge is 0.504 e. The fraction of sp³-hybridized carbons (Fsp3) is 0.400. The third-order valence-electron chi connectivity index (χ3n) is 3.33. The molecule has 2 rings (SSSR count). The maximum Gasteiger partial charge on any atom is 0.162 e. The number of phenols is 1. The second-order valence-corrected chi connectivity index (χ2v) is 4.67. The van der Waals surface area contributed by atoms with Gasteiger partial charge in [-0.3, -0.25) is 4.68 Å². The zero-order chi connectivity index (χ0) is 14.5. The van der Waals surface area contributed by atoms with Crippen molar-refractivity contribution in [2.24, 2.45) is 0 Å². The Morgan fingerprint density at radius 2 is 2.20 bits per heavy atom. The molecule has 0 aliphatic carbocycles. The van der Waals surface area contributed by atoms with Crippen LogP contribution in [0.15, 0.2) is 30.5 Å². The van der Waals surface area contributed by atoms with Crippen LogP contribution in [-0.4, -0.2) is 22.0 Å². The number of ether oxygens (including phenoxy) is 1. The van der Waals surface area contributed by atoms with Crippen molar-refractivity contribution in [3.8, 4) is 11.5 Å². The predicted octanol–water partition coefficient (Wildman–Crippen LogP) is 2.47. The predicted molar refractivity (Wildman–Crippen MR) is 77.8 cm³/mol. The lowest BCUT2D eigenvalue weighted by atomic mass is 10.1. The maximum atomic E-state index is 10.0. The summed E-state index contributed by atoms with van der Waals surface area (Å²) in [5.74, 6) is 0.681. The number of hydrogen-bond acceptors (Lipinski definition) is 4. The van der Waals surface area contributed by atoms with Crippen molar-refractivity contribution < 1.29 is 9.84 Å². The molecule has 0 saturated carbocycles. The molecule has 20 heavy (non-hydrogen) atoms. The van der Waals surface area contributed by atoms with Gasteiger partial charge in [0.05, 0.1) is 12.8 Å². The Kier molecular flexibility index (Phi) is 4.63. The normalized spacial score (nSPS) is 12.3. The SMILES string of the molecule is CCn1ccc(C(C)NCc2cccc(OC)c2O)n1. The monoisotopic (exact) mass is 275 g/mol. The maximum absolute atomic E-state index is 10.0. The summed E-state index contributed by atoms with van der Waals surface area (Å²) in [4.78, 5) is 0. The van der Waals surface area contributed by atoms with Gasteiger partial charge in [-0.1, -0.05) is 12.1 Å². The molecule has 0 fully saturated rings. The first-order valence-electron chi connectivity index (χ1n) is 6.77. The van der Waals surface area contributed by atoms with Gasteiger partial charge in [-0.25, -0.2) is 0 Å². The average molecular weight is 275 g/mol. The summed E-state index contributed by atoms with van der Waals surface area (Å²) in [6.45, 7) is 5.54. The zero-order valence-corrected chi connectivity index (χ0v) is 12.1. The van der Waals surface area contributed by atoms with Gasteiger partial charge in [0, 0.05) is 30.9 Å². The van der Waals surface area contributed by atoms with Gasteiger partial charge in [0.2, 0.25) is 0 Å². The molecule has 108 valence electrons. The number of nitrogens with one attached hydrogen (secondary N) is 1. The van der Waals surface area contributed by atoms with Gasteiger partial charge in [-0.15, -0.1) is 0 Å². The number of phenolic OH excluding ortho intramolecular Hbond substituents is 1. The summed E-state index contributed by atoms with van der Waals surface area (Å²) in [5, 5.41) is 17.8. The smallest absolute Gasteiger partial charge is 0.162 e. The van der Waals surface area contributed by atoms with Gasteiger partial charge in [0.1, 0.15) is 0 Å². The van der Waals surface area contributed by atoms with E-state index in [0.29, 0.717) is 12.3 Å². The highest BCUT2D eigenvalue weighted by Gasteiger charge is 2.11. The van der Waals surface area contributed by atoms with Crippen molar-refractivity contribution in [2.75, 3.05) is 7.11 Å². The molecule has 1 aromatic carbocycles. The number of aryl methyl sites for hydroxylation is 1. The second kappa shape index (κ2) is 6.43. The van der Waals surface area contributed by atoms with Crippen molar-refractivity contribution in [1.82, 2.24) is 15.1 Å². The Morgan fingerprint density at radius 3 is 2.85 bits per heavy atom. The van der Waals surface area contributed by atoms with Crippen molar-refractivity contribution >= 4 is 0 Å². The number of hydrogen-bond donors (Lipinski definition) is 2. The van der Waals surface area contributed by atoms with Crippen LogP contribution in [0.1, 0.15) is 31.1 Å². The molecule has 0 bridgehead atoms. The van der Waals surface area contributed by atoms with Crippen molar-refractivity contribution in [3.05, 3.63) is 41.7 Å². The van der Waals surface area contributed by atoms with Gasteiger partial charge >= 0.3 is 0 Å². The summed E-state index contributed by atoms with van der Waals surface area (Å²) in [6, 6.07) is 7.61. The van der Waals surface area contributed by atoms with Crippen LogP contribution in [0.2, 0.25) is 0 Å². The van der Waals surface area contributed by atoms with Crippen LogP contribution in [0, 0.1) is 0 Å². The molecular formula is C15H21N3O2.